The van der Waals surface area contributed by atoms with E-state index in [-0.39, 0.29) is 29.5 Å². The number of benzene rings is 2. The molecule has 0 bridgehead atoms. The number of hydrogen-bond acceptors (Lipinski definition) is 5. The van der Waals surface area contributed by atoms with Gasteiger partial charge in [0.05, 0.1) is 29.5 Å². The van der Waals surface area contributed by atoms with Crippen molar-refractivity contribution in [2.45, 2.75) is 44.4 Å². The Bertz CT molecular complexity index is 1410. The first-order valence-electron chi connectivity index (χ1n) is 12.2. The molecule has 1 aromatic heterocycles. The van der Waals surface area contributed by atoms with Crippen molar-refractivity contribution in [2.75, 3.05) is 30.4 Å². The van der Waals surface area contributed by atoms with Gasteiger partial charge < -0.3 is 15.1 Å². The normalized spacial score (nSPS) is 20.6. The summed E-state index contributed by atoms with van der Waals surface area (Å²) in [7, 11) is 1.88. The van der Waals surface area contributed by atoms with E-state index in [0.717, 1.165) is 6.07 Å². The standard InChI is InChI=1S/C27H26F5N5O/c1-15(17-7-6-8-19(22(17)29)27(30,31)32)33-24-18-13-37(21-10-5-4-9-20(21)28)25(38)26(11-12-36(3)14-26)23(18)34-16(2)35-24/h4-10,15H,11-14H2,1-3H3,(H,33,34,35)/t15-,26?/m1/s1. The first-order chi connectivity index (χ1) is 17.9. The quantitative estimate of drug-likeness (QED) is 0.459. The van der Waals surface area contributed by atoms with E-state index in [4.69, 9.17) is 0 Å². The van der Waals surface area contributed by atoms with Crippen molar-refractivity contribution in [3.63, 3.8) is 0 Å². The van der Waals surface area contributed by atoms with Gasteiger partial charge >= 0.3 is 6.18 Å². The number of amides is 1. The van der Waals surface area contributed by atoms with E-state index in [2.05, 4.69) is 15.3 Å². The predicted octanol–water partition coefficient (Wildman–Crippen LogP) is 5.38. The number of fused-ring (bicyclic) bond motifs is 2. The Labute approximate surface area is 216 Å². The lowest BCUT2D eigenvalue weighted by atomic mass is 9.76. The first kappa shape index (κ1) is 26.0. The van der Waals surface area contributed by atoms with Crippen LogP contribution in [0.2, 0.25) is 0 Å². The summed E-state index contributed by atoms with van der Waals surface area (Å²) >= 11 is 0. The van der Waals surface area contributed by atoms with Crippen LogP contribution >= 0.6 is 0 Å². The van der Waals surface area contributed by atoms with Crippen LogP contribution in [0.25, 0.3) is 0 Å². The van der Waals surface area contributed by atoms with Crippen LogP contribution in [0.5, 0.6) is 0 Å². The highest BCUT2D eigenvalue weighted by atomic mass is 19.4. The van der Waals surface area contributed by atoms with Crippen LogP contribution in [-0.4, -0.2) is 40.9 Å². The van der Waals surface area contributed by atoms with Gasteiger partial charge in [-0.15, -0.1) is 0 Å². The Hall–Kier alpha value is -3.60. The summed E-state index contributed by atoms with van der Waals surface area (Å²) in [4.78, 5) is 26.5. The molecule has 1 unspecified atom stereocenters. The zero-order chi connectivity index (χ0) is 27.4. The molecule has 5 rings (SSSR count). The van der Waals surface area contributed by atoms with Crippen LogP contribution in [0.4, 0.5) is 33.5 Å². The number of nitrogens with zero attached hydrogens (tertiary/aromatic N) is 4. The first-order valence-corrected chi connectivity index (χ1v) is 12.2. The van der Waals surface area contributed by atoms with Crippen molar-refractivity contribution < 1.29 is 26.7 Å². The smallest absolute Gasteiger partial charge is 0.363 e. The van der Waals surface area contributed by atoms with Gasteiger partial charge in [-0.25, -0.2) is 18.7 Å². The zero-order valence-corrected chi connectivity index (χ0v) is 21.0. The van der Waals surface area contributed by atoms with Gasteiger partial charge in [-0.3, -0.25) is 4.79 Å². The lowest BCUT2D eigenvalue weighted by Crippen LogP contribution is -2.53. The largest absolute Gasteiger partial charge is 0.419 e. The van der Waals surface area contributed by atoms with E-state index < -0.39 is 34.8 Å². The Morgan fingerprint density at radius 2 is 1.82 bits per heavy atom. The highest BCUT2D eigenvalue weighted by molar-refractivity contribution is 6.03. The second kappa shape index (κ2) is 9.30. The fraction of sp³-hybridized carbons (Fsp3) is 0.370. The number of para-hydroxylation sites is 1. The van der Waals surface area contributed by atoms with E-state index in [1.54, 1.807) is 13.0 Å². The number of halogens is 5. The number of aryl methyl sites for hydroxylation is 1. The van der Waals surface area contributed by atoms with Gasteiger partial charge in [-0.05, 0) is 52.1 Å². The molecule has 6 nitrogen and oxygen atoms in total. The van der Waals surface area contributed by atoms with Crippen LogP contribution in [-0.2, 0) is 22.9 Å². The summed E-state index contributed by atoms with van der Waals surface area (Å²) < 4.78 is 69.7. The van der Waals surface area contributed by atoms with Crippen LogP contribution < -0.4 is 10.2 Å². The summed E-state index contributed by atoms with van der Waals surface area (Å²) in [5.41, 5.74) is -1.45. The number of likely N-dealkylation sites (N-methyl/N-ethyl adjacent to an activating group) is 1. The topological polar surface area (TPSA) is 61.4 Å². The van der Waals surface area contributed by atoms with Crippen LogP contribution in [0, 0.1) is 18.6 Å². The highest BCUT2D eigenvalue weighted by Crippen LogP contribution is 2.45. The number of likely N-dealkylation sites (tertiary alicyclic amines) is 1. The van der Waals surface area contributed by atoms with Crippen molar-refractivity contribution in [1.82, 2.24) is 14.9 Å². The minimum absolute atomic E-state index is 0.0546. The predicted molar refractivity (Wildman–Crippen MR) is 132 cm³/mol. The molecule has 0 saturated carbocycles. The lowest BCUT2D eigenvalue weighted by Gasteiger charge is -2.41. The summed E-state index contributed by atoms with van der Waals surface area (Å²) in [6, 6.07) is 8.19. The molecule has 3 aromatic rings. The number of nitrogens with one attached hydrogen (secondary N) is 1. The van der Waals surface area contributed by atoms with Gasteiger partial charge in [0.15, 0.2) is 0 Å². The van der Waals surface area contributed by atoms with Gasteiger partial charge in [0.2, 0.25) is 5.91 Å². The van der Waals surface area contributed by atoms with Gasteiger partial charge in [0.25, 0.3) is 0 Å². The van der Waals surface area contributed by atoms with Gasteiger partial charge in [-0.2, -0.15) is 13.2 Å². The molecule has 1 amide bonds. The molecular weight excluding hydrogens is 505 g/mol. The van der Waals surface area contributed by atoms with Crippen LogP contribution in [0.3, 0.4) is 0 Å². The minimum atomic E-state index is -4.84. The Kier molecular flexibility index (Phi) is 6.37. The molecule has 11 heteroatoms. The maximum absolute atomic E-state index is 14.9. The van der Waals surface area contributed by atoms with Crippen molar-refractivity contribution in [3.05, 3.63) is 82.3 Å². The number of alkyl halides is 3. The highest BCUT2D eigenvalue weighted by Gasteiger charge is 2.53. The average Bonchev–Trinajstić information content (AvgIpc) is 3.24. The molecule has 0 radical (unpaired) electrons. The number of rotatable bonds is 4. The van der Waals surface area contributed by atoms with Crippen LogP contribution in [0.15, 0.2) is 42.5 Å². The molecule has 3 heterocycles. The summed E-state index contributed by atoms with van der Waals surface area (Å²) in [6.07, 6.45) is -4.39. The van der Waals surface area contributed by atoms with E-state index in [9.17, 15) is 26.7 Å². The van der Waals surface area contributed by atoms with E-state index in [1.807, 2.05) is 11.9 Å². The summed E-state index contributed by atoms with van der Waals surface area (Å²) in [5.74, 6) is -1.59. The summed E-state index contributed by atoms with van der Waals surface area (Å²) in [6.45, 7) is 4.11. The third kappa shape index (κ3) is 4.28. The second-order valence-electron chi connectivity index (χ2n) is 9.93. The van der Waals surface area contributed by atoms with Crippen molar-refractivity contribution >= 4 is 17.4 Å². The monoisotopic (exact) mass is 531 g/mol. The molecule has 1 N–H and O–H groups in total. The number of anilines is 2. The van der Waals surface area contributed by atoms with Crippen molar-refractivity contribution in [3.8, 4) is 0 Å². The molecule has 2 atom stereocenters. The number of carbonyl (C=O) groups excluding carboxylic acids is 1. The molecule has 0 aliphatic carbocycles. The second-order valence-corrected chi connectivity index (χ2v) is 9.93. The number of aromatic nitrogens is 2. The fourth-order valence-corrected chi connectivity index (χ4v) is 5.47. The molecule has 200 valence electrons. The lowest BCUT2D eigenvalue weighted by molar-refractivity contribution is -0.140. The molecular formula is C27H26F5N5O. The Balaban J connectivity index is 1.62. The van der Waals surface area contributed by atoms with Crippen molar-refractivity contribution in [1.29, 1.82) is 0 Å². The third-order valence-electron chi connectivity index (χ3n) is 7.30. The molecule has 2 aromatic carbocycles. The molecule has 1 saturated heterocycles. The van der Waals surface area contributed by atoms with Crippen LogP contribution in [0.1, 0.15) is 47.6 Å². The molecule has 1 spiro atoms. The van der Waals surface area contributed by atoms with Gasteiger partial charge in [-0.1, -0.05) is 24.3 Å². The average molecular weight is 532 g/mol. The minimum Gasteiger partial charge on any atom is -0.363 e. The fourth-order valence-electron chi connectivity index (χ4n) is 5.47. The molecule has 2 aliphatic rings. The van der Waals surface area contributed by atoms with E-state index in [1.165, 1.54) is 36.1 Å². The Morgan fingerprint density at radius 1 is 1.08 bits per heavy atom. The number of hydrogen-bond donors (Lipinski definition) is 1. The molecule has 1 fully saturated rings. The SMILES string of the molecule is Cc1nc(N[C@H](C)c2cccc(C(F)(F)F)c2F)c2c(n1)C1(CCN(C)C1)C(=O)N(c1ccccc1F)C2. The maximum atomic E-state index is 14.9. The Morgan fingerprint density at radius 3 is 2.47 bits per heavy atom. The number of carbonyl (C=O) groups is 1. The molecule has 2 aliphatic heterocycles. The van der Waals surface area contributed by atoms with E-state index in [0.29, 0.717) is 42.7 Å². The van der Waals surface area contributed by atoms with Crippen molar-refractivity contribution in [2.24, 2.45) is 0 Å². The maximum Gasteiger partial charge on any atom is 0.419 e. The molecule has 38 heavy (non-hydrogen) atoms. The van der Waals surface area contributed by atoms with Gasteiger partial charge in [0, 0.05) is 17.7 Å². The zero-order valence-electron chi connectivity index (χ0n) is 21.0. The summed E-state index contributed by atoms with van der Waals surface area (Å²) in [5, 5.41) is 3.06. The third-order valence-corrected chi connectivity index (χ3v) is 7.30. The van der Waals surface area contributed by atoms with Gasteiger partial charge in [0.1, 0.15) is 28.7 Å². The van der Waals surface area contributed by atoms with E-state index >= 15 is 0 Å².